The maximum Gasteiger partial charge on any atom is 0.243 e. The van der Waals surface area contributed by atoms with Crippen LogP contribution in [0.2, 0.25) is 0 Å². The molecule has 1 aliphatic heterocycles. The van der Waals surface area contributed by atoms with Gasteiger partial charge in [-0.3, -0.25) is 0 Å². The highest BCUT2D eigenvalue weighted by Crippen LogP contribution is 2.25. The number of rotatable bonds is 5. The Morgan fingerprint density at radius 3 is 2.41 bits per heavy atom. The molecule has 0 atom stereocenters. The first-order chi connectivity index (χ1) is 16.4. The van der Waals surface area contributed by atoms with Gasteiger partial charge in [-0.05, 0) is 42.8 Å². The van der Waals surface area contributed by atoms with E-state index in [0.29, 0.717) is 24.6 Å². The molecule has 5 rings (SSSR count). The van der Waals surface area contributed by atoms with Crippen LogP contribution >= 0.6 is 0 Å². The third-order valence-electron chi connectivity index (χ3n) is 5.90. The average molecular weight is 479 g/mol. The second-order valence-corrected chi connectivity index (χ2v) is 9.97. The van der Waals surface area contributed by atoms with Gasteiger partial charge in [0.15, 0.2) is 0 Å². The van der Waals surface area contributed by atoms with Crippen molar-refractivity contribution in [2.24, 2.45) is 0 Å². The fourth-order valence-corrected chi connectivity index (χ4v) is 5.66. The van der Waals surface area contributed by atoms with Crippen molar-refractivity contribution in [3.8, 4) is 16.9 Å². The minimum atomic E-state index is -3.78. The predicted octanol–water partition coefficient (Wildman–Crippen LogP) is 3.29. The topological polar surface area (TPSA) is 84.2 Å². The molecule has 34 heavy (non-hydrogen) atoms. The number of hydrogen-bond donors (Lipinski definition) is 0. The van der Waals surface area contributed by atoms with E-state index in [9.17, 15) is 12.8 Å². The van der Waals surface area contributed by atoms with E-state index in [1.807, 2.05) is 46.0 Å². The Hall–Kier alpha value is -3.63. The Balaban J connectivity index is 1.30. The fraction of sp³-hybridized carbons (Fsp3) is 0.208. The highest BCUT2D eigenvalue weighted by molar-refractivity contribution is 7.89. The van der Waals surface area contributed by atoms with Crippen molar-refractivity contribution in [2.75, 3.05) is 31.1 Å². The van der Waals surface area contributed by atoms with Crippen molar-refractivity contribution in [1.29, 1.82) is 0 Å². The van der Waals surface area contributed by atoms with Gasteiger partial charge in [-0.2, -0.15) is 4.31 Å². The molecule has 3 heterocycles. The minimum Gasteiger partial charge on any atom is -0.338 e. The van der Waals surface area contributed by atoms with Crippen LogP contribution in [0.15, 0.2) is 78.3 Å². The Morgan fingerprint density at radius 2 is 1.71 bits per heavy atom. The maximum absolute atomic E-state index is 13.7. The SMILES string of the molecule is Cc1ccc(F)cc1S(=O)(=O)N1CCN(c2nccc(-c3ccc(-n4ccnc4)cc3)n2)CC1. The summed E-state index contributed by atoms with van der Waals surface area (Å²) in [5.41, 5.74) is 3.27. The number of aryl methyl sites for hydroxylation is 1. The normalized spacial score (nSPS) is 14.9. The van der Waals surface area contributed by atoms with Gasteiger partial charge >= 0.3 is 0 Å². The van der Waals surface area contributed by atoms with E-state index >= 15 is 0 Å². The first-order valence-corrected chi connectivity index (χ1v) is 12.3. The molecule has 1 aliphatic rings. The van der Waals surface area contributed by atoms with Crippen LogP contribution in [0, 0.1) is 12.7 Å². The van der Waals surface area contributed by atoms with Gasteiger partial charge in [0.1, 0.15) is 5.82 Å². The number of sulfonamides is 1. The molecule has 0 spiro atoms. The Morgan fingerprint density at radius 1 is 0.941 bits per heavy atom. The molecular formula is C24H23FN6O2S. The molecule has 10 heteroatoms. The van der Waals surface area contributed by atoms with E-state index in [1.165, 1.54) is 16.4 Å². The summed E-state index contributed by atoms with van der Waals surface area (Å²) in [6.07, 6.45) is 7.07. The first-order valence-electron chi connectivity index (χ1n) is 10.8. The van der Waals surface area contributed by atoms with Gasteiger partial charge in [0.2, 0.25) is 16.0 Å². The van der Waals surface area contributed by atoms with Crippen LogP contribution in [-0.4, -0.2) is 58.4 Å². The molecule has 4 aromatic rings. The lowest BCUT2D eigenvalue weighted by molar-refractivity contribution is 0.382. The molecule has 2 aromatic heterocycles. The molecule has 0 unspecified atom stereocenters. The number of halogens is 1. The Labute approximate surface area is 197 Å². The van der Waals surface area contributed by atoms with Gasteiger partial charge in [0.05, 0.1) is 16.9 Å². The average Bonchev–Trinajstić information content (AvgIpc) is 3.41. The summed E-state index contributed by atoms with van der Waals surface area (Å²) in [5, 5.41) is 0. The number of imidazole rings is 1. The summed E-state index contributed by atoms with van der Waals surface area (Å²) >= 11 is 0. The molecule has 1 fully saturated rings. The largest absolute Gasteiger partial charge is 0.338 e. The number of piperazine rings is 1. The number of nitrogens with zero attached hydrogens (tertiary/aromatic N) is 6. The van der Waals surface area contributed by atoms with Crippen molar-refractivity contribution in [3.63, 3.8) is 0 Å². The quantitative estimate of drug-likeness (QED) is 0.438. The highest BCUT2D eigenvalue weighted by Gasteiger charge is 2.30. The molecule has 0 bridgehead atoms. The summed E-state index contributed by atoms with van der Waals surface area (Å²) in [5.74, 6) is -0.0127. The molecule has 0 N–H and O–H groups in total. The standard InChI is InChI=1S/C24H23FN6O2S/c1-18-2-5-20(25)16-23(18)34(32,33)31-14-12-29(13-15-31)24-27-9-8-22(28-24)19-3-6-21(7-4-19)30-11-10-26-17-30/h2-11,16-17H,12-15H2,1H3. The van der Waals surface area contributed by atoms with Crippen LogP contribution in [0.4, 0.5) is 10.3 Å². The van der Waals surface area contributed by atoms with E-state index in [1.54, 1.807) is 25.6 Å². The predicted molar refractivity (Wildman–Crippen MR) is 127 cm³/mol. The molecule has 1 saturated heterocycles. The number of benzene rings is 2. The van der Waals surface area contributed by atoms with Gasteiger partial charge in [-0.1, -0.05) is 18.2 Å². The van der Waals surface area contributed by atoms with Crippen LogP contribution in [0.1, 0.15) is 5.56 Å². The Kier molecular flexibility index (Phi) is 5.84. The molecule has 0 saturated carbocycles. The van der Waals surface area contributed by atoms with Crippen molar-refractivity contribution in [1.82, 2.24) is 23.8 Å². The summed E-state index contributed by atoms with van der Waals surface area (Å²) in [4.78, 5) is 15.2. The molecule has 2 aromatic carbocycles. The van der Waals surface area contributed by atoms with Crippen LogP contribution in [0.25, 0.3) is 16.9 Å². The van der Waals surface area contributed by atoms with E-state index in [0.717, 1.165) is 23.0 Å². The van der Waals surface area contributed by atoms with E-state index in [4.69, 9.17) is 4.98 Å². The molecule has 0 radical (unpaired) electrons. The summed E-state index contributed by atoms with van der Waals surface area (Å²) in [6.45, 7) is 3.09. The lowest BCUT2D eigenvalue weighted by Crippen LogP contribution is -2.49. The highest BCUT2D eigenvalue weighted by atomic mass is 32.2. The van der Waals surface area contributed by atoms with Gasteiger partial charge in [-0.25, -0.2) is 27.8 Å². The lowest BCUT2D eigenvalue weighted by Gasteiger charge is -2.34. The summed E-state index contributed by atoms with van der Waals surface area (Å²) in [7, 11) is -3.78. The second-order valence-electron chi connectivity index (χ2n) is 8.06. The van der Waals surface area contributed by atoms with Crippen LogP contribution < -0.4 is 4.90 Å². The van der Waals surface area contributed by atoms with Crippen LogP contribution in [0.5, 0.6) is 0 Å². The number of hydrogen-bond acceptors (Lipinski definition) is 6. The summed E-state index contributed by atoms with van der Waals surface area (Å²) < 4.78 is 43.1. The smallest absolute Gasteiger partial charge is 0.243 e. The van der Waals surface area contributed by atoms with Crippen molar-refractivity contribution in [2.45, 2.75) is 11.8 Å². The zero-order valence-electron chi connectivity index (χ0n) is 18.5. The van der Waals surface area contributed by atoms with Gasteiger partial charge in [0.25, 0.3) is 0 Å². The number of anilines is 1. The molecule has 0 aliphatic carbocycles. The monoisotopic (exact) mass is 478 g/mol. The minimum absolute atomic E-state index is 0.0123. The van der Waals surface area contributed by atoms with E-state index < -0.39 is 15.8 Å². The van der Waals surface area contributed by atoms with E-state index in [2.05, 4.69) is 9.97 Å². The van der Waals surface area contributed by atoms with Gasteiger partial charge in [-0.15, -0.1) is 0 Å². The van der Waals surface area contributed by atoms with Crippen molar-refractivity contribution >= 4 is 16.0 Å². The second kappa shape index (κ2) is 8.96. The Bertz CT molecular complexity index is 1400. The summed E-state index contributed by atoms with van der Waals surface area (Å²) in [6, 6.07) is 13.7. The molecular weight excluding hydrogens is 455 g/mol. The van der Waals surface area contributed by atoms with Crippen molar-refractivity contribution in [3.05, 3.63) is 84.8 Å². The first kappa shape index (κ1) is 22.2. The lowest BCUT2D eigenvalue weighted by atomic mass is 10.1. The van der Waals surface area contributed by atoms with E-state index in [-0.39, 0.29) is 18.0 Å². The number of aromatic nitrogens is 4. The van der Waals surface area contributed by atoms with Gasteiger partial charge < -0.3 is 9.47 Å². The third-order valence-corrected chi connectivity index (χ3v) is 7.94. The van der Waals surface area contributed by atoms with Crippen LogP contribution in [-0.2, 0) is 10.0 Å². The zero-order chi connectivity index (χ0) is 23.7. The van der Waals surface area contributed by atoms with Crippen molar-refractivity contribution < 1.29 is 12.8 Å². The fourth-order valence-electron chi connectivity index (χ4n) is 4.00. The van der Waals surface area contributed by atoms with Crippen LogP contribution in [0.3, 0.4) is 0 Å². The zero-order valence-corrected chi connectivity index (χ0v) is 19.4. The third kappa shape index (κ3) is 4.29. The maximum atomic E-state index is 13.7. The molecule has 8 nitrogen and oxygen atoms in total. The molecule has 0 amide bonds. The molecule has 174 valence electrons. The van der Waals surface area contributed by atoms with Gasteiger partial charge in [0, 0.05) is 56.0 Å².